The van der Waals surface area contributed by atoms with Crippen LogP contribution in [0.2, 0.25) is 0 Å². The van der Waals surface area contributed by atoms with Crippen molar-refractivity contribution in [1.82, 2.24) is 35.0 Å². The molecule has 0 radical (unpaired) electrons. The second-order valence-electron chi connectivity index (χ2n) is 8.82. The van der Waals surface area contributed by atoms with E-state index in [-0.39, 0.29) is 5.91 Å². The lowest BCUT2D eigenvalue weighted by atomic mass is 10.0. The number of hydrogen-bond acceptors (Lipinski definition) is 7. The first-order valence-corrected chi connectivity index (χ1v) is 11.4. The van der Waals surface area contributed by atoms with E-state index in [1.54, 1.807) is 6.20 Å². The van der Waals surface area contributed by atoms with Gasteiger partial charge in [0.15, 0.2) is 0 Å². The summed E-state index contributed by atoms with van der Waals surface area (Å²) in [6, 6.07) is 12.1. The Bertz CT molecular complexity index is 1140. The Hall–Kier alpha value is -3.64. The van der Waals surface area contributed by atoms with Crippen LogP contribution < -0.4 is 0 Å². The van der Waals surface area contributed by atoms with E-state index in [4.69, 9.17) is 5.26 Å². The van der Waals surface area contributed by atoms with Crippen LogP contribution in [0, 0.1) is 17.2 Å². The molecule has 2 aromatic heterocycles. The van der Waals surface area contributed by atoms with Crippen LogP contribution in [0.1, 0.15) is 28.8 Å². The number of hydrogen-bond donors (Lipinski definition) is 0. The fraction of sp³-hybridized carbons (Fsp3) is 0.417. The van der Waals surface area contributed by atoms with Crippen molar-refractivity contribution in [3.63, 3.8) is 0 Å². The van der Waals surface area contributed by atoms with Crippen molar-refractivity contribution in [3.8, 4) is 11.8 Å². The van der Waals surface area contributed by atoms with Gasteiger partial charge in [0.2, 0.25) is 5.91 Å². The van der Waals surface area contributed by atoms with Gasteiger partial charge >= 0.3 is 0 Å². The van der Waals surface area contributed by atoms with Gasteiger partial charge in [-0.25, -0.2) is 0 Å². The van der Waals surface area contributed by atoms with Crippen molar-refractivity contribution in [2.75, 3.05) is 32.7 Å². The molecule has 0 saturated carbocycles. The van der Waals surface area contributed by atoms with E-state index in [0.717, 1.165) is 68.9 Å². The van der Waals surface area contributed by atoms with E-state index < -0.39 is 0 Å². The number of carbonyl (C=O) groups excluding carboxylic acids is 1. The third-order valence-corrected chi connectivity index (χ3v) is 6.69. The minimum absolute atomic E-state index is 0.122. The lowest BCUT2D eigenvalue weighted by Gasteiger charge is -2.35. The van der Waals surface area contributed by atoms with Crippen LogP contribution in [0.4, 0.5) is 0 Å². The minimum atomic E-state index is 0.122. The summed E-state index contributed by atoms with van der Waals surface area (Å²) in [5.41, 5.74) is 5.01. The molecule has 1 saturated heterocycles. The maximum atomic E-state index is 12.7. The predicted molar refractivity (Wildman–Crippen MR) is 120 cm³/mol. The summed E-state index contributed by atoms with van der Waals surface area (Å²) in [5, 5.41) is 20.2. The zero-order chi connectivity index (χ0) is 22.6. The van der Waals surface area contributed by atoms with Gasteiger partial charge < -0.3 is 4.90 Å². The molecule has 1 atom stereocenters. The molecule has 1 fully saturated rings. The van der Waals surface area contributed by atoms with Gasteiger partial charge in [0.25, 0.3) is 0 Å². The molecule has 0 N–H and O–H groups in total. The van der Waals surface area contributed by atoms with E-state index in [9.17, 15) is 4.79 Å². The smallest absolute Gasteiger partial charge is 0.228 e. The average Bonchev–Trinajstić information content (AvgIpc) is 3.53. The molecule has 5 rings (SSSR count). The molecule has 0 bridgehead atoms. The molecule has 168 valence electrons. The summed E-state index contributed by atoms with van der Waals surface area (Å²) in [7, 11) is 0. The summed E-state index contributed by atoms with van der Waals surface area (Å²) in [6.45, 7) is 4.41. The minimum Gasteiger partial charge on any atom is -0.340 e. The van der Waals surface area contributed by atoms with E-state index in [1.165, 1.54) is 22.1 Å². The number of nitrogens with zero attached hydrogens (tertiary/aromatic N) is 8. The standard InChI is InChI=1S/C24H26N8O/c25-15-19-1-2-20-11-18(12-21(20)13-19)5-6-30-7-9-31(10-8-30)24(33)14-22-3-4-23(16-26-22)32-17-27-28-29-32/h1-4,13,16-18H,5-12,14H2. The van der Waals surface area contributed by atoms with Crippen molar-refractivity contribution in [2.45, 2.75) is 25.7 Å². The second-order valence-corrected chi connectivity index (χ2v) is 8.82. The topological polar surface area (TPSA) is 104 Å². The van der Waals surface area contributed by atoms with Crippen LogP contribution >= 0.6 is 0 Å². The molecule has 1 aliphatic carbocycles. The highest BCUT2D eigenvalue weighted by Crippen LogP contribution is 2.29. The number of amides is 1. The Kier molecular flexibility index (Phi) is 6.09. The number of benzene rings is 1. The highest BCUT2D eigenvalue weighted by Gasteiger charge is 2.25. The number of pyridine rings is 1. The van der Waals surface area contributed by atoms with Crippen molar-refractivity contribution in [1.29, 1.82) is 5.26 Å². The zero-order valence-electron chi connectivity index (χ0n) is 18.5. The first kappa shape index (κ1) is 21.2. The summed E-state index contributed by atoms with van der Waals surface area (Å²) < 4.78 is 1.53. The van der Waals surface area contributed by atoms with Gasteiger partial charge in [0, 0.05) is 31.9 Å². The Balaban J connectivity index is 1.05. The number of piperazine rings is 1. The fourth-order valence-corrected chi connectivity index (χ4v) is 4.77. The van der Waals surface area contributed by atoms with Gasteiger partial charge in [-0.1, -0.05) is 6.07 Å². The fourth-order valence-electron chi connectivity index (χ4n) is 4.77. The molecule has 9 heteroatoms. The van der Waals surface area contributed by atoms with Crippen molar-refractivity contribution in [2.24, 2.45) is 5.92 Å². The van der Waals surface area contributed by atoms with E-state index in [2.05, 4.69) is 37.5 Å². The number of nitriles is 1. The van der Waals surface area contributed by atoms with Gasteiger partial charge in [-0.05, 0) is 77.5 Å². The summed E-state index contributed by atoms with van der Waals surface area (Å²) in [5.74, 6) is 0.771. The van der Waals surface area contributed by atoms with Crippen molar-refractivity contribution < 1.29 is 4.79 Å². The molecule has 1 aromatic carbocycles. The Morgan fingerprint density at radius 3 is 2.67 bits per heavy atom. The third-order valence-electron chi connectivity index (χ3n) is 6.69. The second kappa shape index (κ2) is 9.46. The van der Waals surface area contributed by atoms with Crippen LogP contribution in [0.15, 0.2) is 42.9 Å². The maximum absolute atomic E-state index is 12.7. The molecule has 0 spiro atoms. The molecule has 33 heavy (non-hydrogen) atoms. The maximum Gasteiger partial charge on any atom is 0.228 e. The van der Waals surface area contributed by atoms with Crippen LogP contribution in [0.5, 0.6) is 0 Å². The van der Waals surface area contributed by atoms with Gasteiger partial charge in [-0.15, -0.1) is 5.10 Å². The van der Waals surface area contributed by atoms with Crippen LogP contribution in [0.3, 0.4) is 0 Å². The number of carbonyl (C=O) groups is 1. The van der Waals surface area contributed by atoms with Crippen LogP contribution in [-0.2, 0) is 24.1 Å². The molecule has 1 aliphatic heterocycles. The number of tetrazole rings is 1. The average molecular weight is 443 g/mol. The highest BCUT2D eigenvalue weighted by atomic mass is 16.2. The monoisotopic (exact) mass is 442 g/mol. The third kappa shape index (κ3) is 4.91. The zero-order valence-corrected chi connectivity index (χ0v) is 18.5. The molecule has 3 aromatic rings. The molecule has 3 heterocycles. The molecular formula is C24H26N8O. The van der Waals surface area contributed by atoms with Crippen molar-refractivity contribution in [3.05, 3.63) is 65.2 Å². The number of rotatable bonds is 6. The highest BCUT2D eigenvalue weighted by molar-refractivity contribution is 5.78. The summed E-state index contributed by atoms with van der Waals surface area (Å²) in [4.78, 5) is 21.5. The molecule has 2 aliphatic rings. The molecule has 1 amide bonds. The predicted octanol–water partition coefficient (Wildman–Crippen LogP) is 1.42. The van der Waals surface area contributed by atoms with Crippen LogP contribution in [-0.4, -0.2) is 73.6 Å². The van der Waals surface area contributed by atoms with Gasteiger partial charge in [-0.3, -0.25) is 14.7 Å². The van der Waals surface area contributed by atoms with E-state index in [1.807, 2.05) is 29.2 Å². The Morgan fingerprint density at radius 2 is 1.94 bits per heavy atom. The van der Waals surface area contributed by atoms with Gasteiger partial charge in [0.1, 0.15) is 6.33 Å². The molecule has 9 nitrogen and oxygen atoms in total. The quantitative estimate of drug-likeness (QED) is 0.569. The van der Waals surface area contributed by atoms with E-state index >= 15 is 0 Å². The van der Waals surface area contributed by atoms with Gasteiger partial charge in [-0.2, -0.15) is 9.94 Å². The number of aromatic nitrogens is 5. The van der Waals surface area contributed by atoms with Crippen molar-refractivity contribution >= 4 is 5.91 Å². The van der Waals surface area contributed by atoms with Gasteiger partial charge in [0.05, 0.1) is 29.9 Å². The summed E-state index contributed by atoms with van der Waals surface area (Å²) >= 11 is 0. The molecular weight excluding hydrogens is 416 g/mol. The largest absolute Gasteiger partial charge is 0.340 e. The SMILES string of the molecule is N#Cc1ccc2c(c1)CC(CCN1CCN(C(=O)Cc3ccc(-n4cnnn4)cn3)CC1)C2. The van der Waals surface area contributed by atoms with E-state index in [0.29, 0.717) is 12.3 Å². The Morgan fingerprint density at radius 1 is 1.09 bits per heavy atom. The number of fused-ring (bicyclic) bond motifs is 1. The summed E-state index contributed by atoms with van der Waals surface area (Å²) in [6.07, 6.45) is 6.83. The first-order chi connectivity index (χ1) is 16.2. The molecule has 1 unspecified atom stereocenters. The lowest BCUT2D eigenvalue weighted by molar-refractivity contribution is -0.132. The lowest BCUT2D eigenvalue weighted by Crippen LogP contribution is -2.49. The first-order valence-electron chi connectivity index (χ1n) is 11.4. The van der Waals surface area contributed by atoms with Crippen LogP contribution in [0.25, 0.3) is 5.69 Å². The normalized spacial score (nSPS) is 18.2. The Labute approximate surface area is 192 Å².